The molecule has 0 aliphatic heterocycles. The van der Waals surface area contributed by atoms with Crippen LogP contribution in [0.15, 0.2) is 23.6 Å². The van der Waals surface area contributed by atoms with Gasteiger partial charge in [0.25, 0.3) is 0 Å². The van der Waals surface area contributed by atoms with Gasteiger partial charge in [-0.1, -0.05) is 0 Å². The zero-order valence-electron chi connectivity index (χ0n) is 12.6. The summed E-state index contributed by atoms with van der Waals surface area (Å²) in [7, 11) is 1.50. The summed E-state index contributed by atoms with van der Waals surface area (Å²) in [6, 6.07) is 7.10. The lowest BCUT2D eigenvalue weighted by Crippen LogP contribution is -2.10. The number of allylic oxidation sites excluding steroid dienone is 1. The molecule has 1 N–H and O–H groups in total. The van der Waals surface area contributed by atoms with E-state index in [9.17, 15) is 10.1 Å². The van der Waals surface area contributed by atoms with Crippen molar-refractivity contribution in [3.8, 4) is 17.6 Å². The highest BCUT2D eigenvalue weighted by Crippen LogP contribution is 2.29. The molecule has 0 spiro atoms. The summed E-state index contributed by atoms with van der Waals surface area (Å²) in [5.41, 5.74) is 1.80. The smallest absolute Gasteiger partial charge is 0.341 e. The Labute approximate surface area is 137 Å². The minimum Gasteiger partial charge on any atom is -0.497 e. The molecular weight excluding hydrogens is 316 g/mol. The lowest BCUT2D eigenvalue weighted by atomic mass is 10.1. The van der Waals surface area contributed by atoms with Gasteiger partial charge < -0.3 is 14.6 Å². The second kappa shape index (κ2) is 7.42. The van der Waals surface area contributed by atoms with Crippen LogP contribution in [0.4, 0.5) is 0 Å². The van der Waals surface area contributed by atoms with Crippen molar-refractivity contribution in [2.75, 3.05) is 13.7 Å². The van der Waals surface area contributed by atoms with Crippen molar-refractivity contribution >= 4 is 29.0 Å². The van der Waals surface area contributed by atoms with Crippen LogP contribution in [-0.2, 0) is 4.79 Å². The van der Waals surface area contributed by atoms with Crippen molar-refractivity contribution < 1.29 is 19.4 Å². The maximum atomic E-state index is 10.7. The van der Waals surface area contributed by atoms with Crippen LogP contribution in [0.5, 0.6) is 11.5 Å². The summed E-state index contributed by atoms with van der Waals surface area (Å²) < 4.78 is 10.4. The van der Waals surface area contributed by atoms with E-state index in [1.165, 1.54) is 18.4 Å². The van der Waals surface area contributed by atoms with Crippen molar-refractivity contribution in [1.82, 2.24) is 4.98 Å². The molecule has 0 saturated heterocycles. The molecule has 6 nitrogen and oxygen atoms in total. The Morgan fingerprint density at radius 1 is 1.52 bits per heavy atom. The number of benzene rings is 1. The van der Waals surface area contributed by atoms with Gasteiger partial charge in [-0.15, -0.1) is 11.3 Å². The first-order valence-corrected chi connectivity index (χ1v) is 7.48. The van der Waals surface area contributed by atoms with E-state index in [1.54, 1.807) is 24.3 Å². The van der Waals surface area contributed by atoms with Gasteiger partial charge in [0.2, 0.25) is 0 Å². The van der Waals surface area contributed by atoms with Gasteiger partial charge in [-0.2, -0.15) is 5.26 Å². The van der Waals surface area contributed by atoms with Crippen LogP contribution >= 0.6 is 11.3 Å². The minimum atomic E-state index is -1.08. The second-order valence-electron chi connectivity index (χ2n) is 4.55. The van der Waals surface area contributed by atoms with Crippen LogP contribution in [0, 0.1) is 18.3 Å². The van der Waals surface area contributed by atoms with Gasteiger partial charge in [-0.25, -0.2) is 9.78 Å². The Morgan fingerprint density at radius 2 is 2.30 bits per heavy atom. The number of nitriles is 1. The molecule has 1 aromatic carbocycles. The number of hydrogen-bond acceptors (Lipinski definition) is 6. The van der Waals surface area contributed by atoms with Crippen LogP contribution < -0.4 is 9.47 Å². The van der Waals surface area contributed by atoms with Gasteiger partial charge in [0.15, 0.2) is 6.61 Å². The fraction of sp³-hybridized carbons (Fsp3) is 0.188. The highest BCUT2D eigenvalue weighted by atomic mass is 32.1. The number of aryl methyl sites for hydroxylation is 1. The van der Waals surface area contributed by atoms with Gasteiger partial charge in [-0.3, -0.25) is 0 Å². The third-order valence-electron chi connectivity index (χ3n) is 2.84. The average molecular weight is 330 g/mol. The van der Waals surface area contributed by atoms with Gasteiger partial charge in [-0.05, 0) is 25.1 Å². The number of rotatable bonds is 6. The van der Waals surface area contributed by atoms with Crippen molar-refractivity contribution in [2.24, 2.45) is 0 Å². The van der Waals surface area contributed by atoms with Crippen molar-refractivity contribution in [3.63, 3.8) is 0 Å². The minimum absolute atomic E-state index is 0.327. The summed E-state index contributed by atoms with van der Waals surface area (Å²) in [4.78, 5) is 15.0. The maximum Gasteiger partial charge on any atom is 0.341 e. The van der Waals surface area contributed by atoms with Crippen LogP contribution in [0.25, 0.3) is 11.6 Å². The largest absolute Gasteiger partial charge is 0.497 e. The normalized spacial score (nSPS) is 10.9. The quantitative estimate of drug-likeness (QED) is 0.819. The number of thiazole rings is 1. The van der Waals surface area contributed by atoms with E-state index >= 15 is 0 Å². The Kier molecular flexibility index (Phi) is 5.33. The molecule has 0 bridgehead atoms. The van der Waals surface area contributed by atoms with Crippen molar-refractivity contribution in [2.45, 2.75) is 6.92 Å². The van der Waals surface area contributed by atoms with Crippen LogP contribution in [-0.4, -0.2) is 29.8 Å². The second-order valence-corrected chi connectivity index (χ2v) is 5.41. The zero-order valence-corrected chi connectivity index (χ0v) is 13.4. The molecule has 0 saturated carbocycles. The van der Waals surface area contributed by atoms with E-state index in [-0.39, 0.29) is 0 Å². The summed E-state index contributed by atoms with van der Waals surface area (Å²) in [6.07, 6.45) is 1.62. The Balaban J connectivity index is 2.42. The highest BCUT2D eigenvalue weighted by molar-refractivity contribution is 7.11. The molecule has 0 aliphatic rings. The molecule has 23 heavy (non-hydrogen) atoms. The molecule has 0 atom stereocenters. The molecule has 0 unspecified atom stereocenters. The summed E-state index contributed by atoms with van der Waals surface area (Å²) in [5, 5.41) is 20.6. The number of hydrogen-bond donors (Lipinski definition) is 1. The molecule has 2 rings (SSSR count). The predicted octanol–water partition coefficient (Wildman–Crippen LogP) is 2.99. The number of nitrogens with zero attached hydrogens (tertiary/aromatic N) is 2. The molecule has 1 heterocycles. The summed E-state index contributed by atoms with van der Waals surface area (Å²) in [6.45, 7) is 1.37. The van der Waals surface area contributed by atoms with Gasteiger partial charge in [0.05, 0.1) is 12.7 Å². The Morgan fingerprint density at radius 3 is 2.87 bits per heavy atom. The number of ether oxygens (including phenoxy) is 2. The fourth-order valence-corrected chi connectivity index (χ4v) is 2.56. The third kappa shape index (κ3) is 4.31. The van der Waals surface area contributed by atoms with E-state index in [0.29, 0.717) is 27.6 Å². The highest BCUT2D eigenvalue weighted by Gasteiger charge is 2.10. The number of carboxylic acids is 1. The summed E-state index contributed by atoms with van der Waals surface area (Å²) >= 11 is 1.37. The Bertz CT molecular complexity index is 790. The van der Waals surface area contributed by atoms with E-state index in [0.717, 1.165) is 5.69 Å². The molecule has 0 fully saturated rings. The van der Waals surface area contributed by atoms with E-state index < -0.39 is 12.6 Å². The molecule has 118 valence electrons. The third-order valence-corrected chi connectivity index (χ3v) is 3.84. The lowest BCUT2D eigenvalue weighted by molar-refractivity contribution is -0.139. The molecule has 7 heteroatoms. The SMILES string of the molecule is COc1ccc(C=C(C#N)c2nc(C)cs2)c(OCC(=O)O)c1. The first-order chi connectivity index (χ1) is 11.0. The first kappa shape index (κ1) is 16.5. The van der Waals surface area contributed by atoms with Crippen LogP contribution in [0.2, 0.25) is 0 Å². The van der Waals surface area contributed by atoms with Crippen molar-refractivity contribution in [1.29, 1.82) is 5.26 Å². The Hall–Kier alpha value is -2.85. The number of carboxylic acid groups (broad SMARTS) is 1. The van der Waals surface area contributed by atoms with Crippen LogP contribution in [0.1, 0.15) is 16.3 Å². The molecule has 1 aromatic heterocycles. The lowest BCUT2D eigenvalue weighted by Gasteiger charge is -2.09. The molecule has 0 amide bonds. The predicted molar refractivity (Wildman–Crippen MR) is 86.5 cm³/mol. The number of carbonyl (C=O) groups is 1. The molecule has 0 aliphatic carbocycles. The maximum absolute atomic E-state index is 10.7. The number of aromatic nitrogens is 1. The number of methoxy groups -OCH3 is 1. The molecule has 2 aromatic rings. The zero-order chi connectivity index (χ0) is 16.8. The first-order valence-electron chi connectivity index (χ1n) is 6.60. The van der Waals surface area contributed by atoms with E-state index in [4.69, 9.17) is 14.6 Å². The van der Waals surface area contributed by atoms with Gasteiger partial charge in [0, 0.05) is 22.7 Å². The monoisotopic (exact) mass is 330 g/mol. The fourth-order valence-electron chi connectivity index (χ4n) is 1.80. The van der Waals surface area contributed by atoms with E-state index in [2.05, 4.69) is 11.1 Å². The summed E-state index contributed by atoms with van der Waals surface area (Å²) in [5.74, 6) is -0.224. The number of aliphatic carboxylic acids is 1. The average Bonchev–Trinajstić information content (AvgIpc) is 2.97. The van der Waals surface area contributed by atoms with Crippen molar-refractivity contribution in [3.05, 3.63) is 39.8 Å². The topological polar surface area (TPSA) is 92.4 Å². The van der Waals surface area contributed by atoms with Crippen LogP contribution in [0.3, 0.4) is 0 Å². The van der Waals surface area contributed by atoms with E-state index in [1.807, 2.05) is 12.3 Å². The standard InChI is InChI=1S/C16H14N2O4S/c1-10-9-23-16(18-10)12(7-17)5-11-3-4-13(21-2)6-14(11)22-8-15(19)20/h3-6,9H,8H2,1-2H3,(H,19,20). The molecular formula is C16H14N2O4S. The van der Waals surface area contributed by atoms with Gasteiger partial charge >= 0.3 is 5.97 Å². The molecule has 0 radical (unpaired) electrons. The van der Waals surface area contributed by atoms with Gasteiger partial charge in [0.1, 0.15) is 22.6 Å².